The Morgan fingerprint density at radius 3 is 2.55 bits per heavy atom. The molecule has 0 saturated carbocycles. The van der Waals surface area contributed by atoms with Crippen molar-refractivity contribution in [2.75, 3.05) is 19.0 Å². The number of thiazole rings is 1. The smallest absolute Gasteiger partial charge is 0.271 e. The highest BCUT2D eigenvalue weighted by Gasteiger charge is 2.32. The second-order valence-corrected chi connectivity index (χ2v) is 10.8. The quantitative estimate of drug-likeness (QED) is 0.308. The number of halogens is 1. The molecule has 9 heteroatoms. The Bertz CT molecular complexity index is 1840. The molecular weight excluding hydrogens is 590 g/mol. The van der Waals surface area contributed by atoms with Gasteiger partial charge in [0.2, 0.25) is 0 Å². The molecule has 1 amide bonds. The number of carbonyl (C=O) groups is 1. The third-order valence-electron chi connectivity index (χ3n) is 6.27. The Hall–Kier alpha value is -4.39. The van der Waals surface area contributed by atoms with E-state index in [0.717, 1.165) is 10.0 Å². The number of allylic oxidation sites excluding steroid dienone is 1. The minimum atomic E-state index is -0.669. The zero-order chi connectivity index (χ0) is 28.2. The lowest BCUT2D eigenvalue weighted by atomic mass is 9.95. The number of hydrogen-bond donors (Lipinski definition) is 1. The SMILES string of the molecule is C#CCOc1c(/C=c2\sc3n(c2=O)[C@@H](c2ccccc2)C(C(=O)Nc2ccccc2)=C(C)N=3)cc(Br)cc1OC. The van der Waals surface area contributed by atoms with Crippen molar-refractivity contribution in [2.45, 2.75) is 13.0 Å². The molecule has 0 fully saturated rings. The molecule has 5 rings (SSSR count). The molecule has 2 heterocycles. The summed E-state index contributed by atoms with van der Waals surface area (Å²) in [5.41, 5.74) is 2.72. The molecule has 1 aliphatic rings. The van der Waals surface area contributed by atoms with Gasteiger partial charge in [0.1, 0.15) is 6.61 Å². The maximum Gasteiger partial charge on any atom is 0.271 e. The molecule has 1 aromatic heterocycles. The Balaban J connectivity index is 1.68. The van der Waals surface area contributed by atoms with Crippen LogP contribution >= 0.6 is 27.3 Å². The van der Waals surface area contributed by atoms with Crippen molar-refractivity contribution in [1.82, 2.24) is 4.57 Å². The van der Waals surface area contributed by atoms with Gasteiger partial charge in [0, 0.05) is 15.7 Å². The molecule has 7 nitrogen and oxygen atoms in total. The van der Waals surface area contributed by atoms with Gasteiger partial charge in [0.25, 0.3) is 11.5 Å². The molecule has 200 valence electrons. The number of amides is 1. The Morgan fingerprint density at radius 2 is 1.88 bits per heavy atom. The highest BCUT2D eigenvalue weighted by atomic mass is 79.9. The number of fused-ring (bicyclic) bond motifs is 1. The lowest BCUT2D eigenvalue weighted by molar-refractivity contribution is -0.113. The highest BCUT2D eigenvalue weighted by Crippen LogP contribution is 2.35. The molecule has 0 unspecified atom stereocenters. The summed E-state index contributed by atoms with van der Waals surface area (Å²) in [7, 11) is 1.53. The zero-order valence-corrected chi connectivity index (χ0v) is 24.1. The van der Waals surface area contributed by atoms with E-state index in [1.54, 1.807) is 23.6 Å². The molecular formula is C31H24BrN3O4S. The van der Waals surface area contributed by atoms with Crippen molar-refractivity contribution >= 4 is 44.9 Å². The Labute approximate surface area is 243 Å². The first-order valence-corrected chi connectivity index (χ1v) is 13.9. The van der Waals surface area contributed by atoms with Crippen LogP contribution in [0.3, 0.4) is 0 Å². The number of carbonyl (C=O) groups excluding carboxylic acids is 1. The van der Waals surface area contributed by atoms with E-state index in [-0.39, 0.29) is 18.1 Å². The first kappa shape index (κ1) is 27.2. The van der Waals surface area contributed by atoms with Crippen molar-refractivity contribution in [3.63, 3.8) is 0 Å². The summed E-state index contributed by atoms with van der Waals surface area (Å²) in [5, 5.41) is 2.96. The minimum absolute atomic E-state index is 0.0349. The van der Waals surface area contributed by atoms with Crippen molar-refractivity contribution in [1.29, 1.82) is 0 Å². The van der Waals surface area contributed by atoms with E-state index < -0.39 is 6.04 Å². The van der Waals surface area contributed by atoms with E-state index in [0.29, 0.717) is 43.4 Å². The van der Waals surface area contributed by atoms with E-state index in [4.69, 9.17) is 20.9 Å². The molecule has 1 aliphatic heterocycles. The molecule has 1 N–H and O–H groups in total. The van der Waals surface area contributed by atoms with Gasteiger partial charge in [0.15, 0.2) is 16.3 Å². The summed E-state index contributed by atoms with van der Waals surface area (Å²) in [6.45, 7) is 1.82. The summed E-state index contributed by atoms with van der Waals surface area (Å²) in [4.78, 5) is 32.8. The van der Waals surface area contributed by atoms with Crippen LogP contribution in [0, 0.1) is 12.3 Å². The lowest BCUT2D eigenvalue weighted by Crippen LogP contribution is -2.40. The normalized spacial score (nSPS) is 14.7. The van der Waals surface area contributed by atoms with Gasteiger partial charge in [-0.25, -0.2) is 4.99 Å². The zero-order valence-electron chi connectivity index (χ0n) is 21.7. The standard InChI is InChI=1S/C31H24BrN3O4S/c1-4-15-39-28-21(16-22(32)18-24(28)38-3)17-25-30(37)35-27(20-11-7-5-8-12-20)26(19(2)33-31(35)40-25)29(36)34-23-13-9-6-10-14-23/h1,5-14,16-18,27H,15H2,2-3H3,(H,34,36)/b25-17-/t27-/m0/s1. The second-order valence-electron chi connectivity index (χ2n) is 8.83. The largest absolute Gasteiger partial charge is 0.493 e. The summed E-state index contributed by atoms with van der Waals surface area (Å²) in [6.07, 6.45) is 7.15. The summed E-state index contributed by atoms with van der Waals surface area (Å²) >= 11 is 4.74. The molecule has 3 aromatic carbocycles. The van der Waals surface area contributed by atoms with Gasteiger partial charge in [-0.05, 0) is 42.8 Å². The number of methoxy groups -OCH3 is 1. The molecule has 40 heavy (non-hydrogen) atoms. The van der Waals surface area contributed by atoms with Gasteiger partial charge < -0.3 is 14.8 Å². The van der Waals surface area contributed by atoms with Gasteiger partial charge in [-0.15, -0.1) is 6.42 Å². The van der Waals surface area contributed by atoms with Gasteiger partial charge in [-0.3, -0.25) is 14.2 Å². The number of nitrogens with one attached hydrogen (secondary N) is 1. The molecule has 0 spiro atoms. The van der Waals surface area contributed by atoms with Crippen LogP contribution in [0.25, 0.3) is 6.08 Å². The maximum atomic E-state index is 14.0. The molecule has 0 radical (unpaired) electrons. The average Bonchev–Trinajstić information content (AvgIpc) is 3.26. The van der Waals surface area contributed by atoms with Crippen LogP contribution in [0.4, 0.5) is 5.69 Å². The van der Waals surface area contributed by atoms with Crippen molar-refractivity contribution in [3.8, 4) is 23.8 Å². The van der Waals surface area contributed by atoms with Crippen molar-refractivity contribution in [2.24, 2.45) is 4.99 Å². The summed E-state index contributed by atoms with van der Waals surface area (Å²) in [5.74, 6) is 3.04. The highest BCUT2D eigenvalue weighted by molar-refractivity contribution is 9.10. The number of para-hydroxylation sites is 1. The number of ether oxygens (including phenoxy) is 2. The number of nitrogens with zero attached hydrogens (tertiary/aromatic N) is 2. The number of rotatable bonds is 7. The molecule has 1 atom stereocenters. The molecule has 0 saturated heterocycles. The van der Waals surface area contributed by atoms with Crippen LogP contribution in [0.15, 0.2) is 98.3 Å². The van der Waals surface area contributed by atoms with E-state index in [1.807, 2.05) is 66.7 Å². The number of hydrogen-bond acceptors (Lipinski definition) is 6. The monoisotopic (exact) mass is 613 g/mol. The molecule has 4 aromatic rings. The Kier molecular flexibility index (Phi) is 8.01. The fourth-order valence-electron chi connectivity index (χ4n) is 4.54. The topological polar surface area (TPSA) is 81.9 Å². The maximum absolute atomic E-state index is 14.0. The van der Waals surface area contributed by atoms with Crippen molar-refractivity contribution < 1.29 is 14.3 Å². The number of terminal acetylenes is 1. The van der Waals surface area contributed by atoms with Crippen LogP contribution in [0.5, 0.6) is 11.5 Å². The predicted octanol–water partition coefficient (Wildman–Crippen LogP) is 4.66. The van der Waals surface area contributed by atoms with Gasteiger partial charge in [-0.2, -0.15) is 0 Å². The summed E-state index contributed by atoms with van der Waals surface area (Å²) < 4.78 is 14.0. The van der Waals surface area contributed by atoms with E-state index in [2.05, 4.69) is 27.2 Å². The third-order valence-corrected chi connectivity index (χ3v) is 7.71. The van der Waals surface area contributed by atoms with E-state index >= 15 is 0 Å². The first-order chi connectivity index (χ1) is 19.4. The second kappa shape index (κ2) is 11.8. The summed E-state index contributed by atoms with van der Waals surface area (Å²) in [6, 6.07) is 21.6. The van der Waals surface area contributed by atoms with Crippen LogP contribution in [0.1, 0.15) is 24.1 Å². The lowest BCUT2D eigenvalue weighted by Gasteiger charge is -2.25. The Morgan fingerprint density at radius 1 is 1.18 bits per heavy atom. The van der Waals surface area contributed by atoms with Crippen LogP contribution in [0.2, 0.25) is 0 Å². The van der Waals surface area contributed by atoms with E-state index in [1.165, 1.54) is 18.4 Å². The molecule has 0 bridgehead atoms. The number of benzene rings is 3. The number of aromatic nitrogens is 1. The van der Waals surface area contributed by atoms with Crippen LogP contribution in [-0.2, 0) is 4.79 Å². The van der Waals surface area contributed by atoms with E-state index in [9.17, 15) is 9.59 Å². The van der Waals surface area contributed by atoms with Crippen molar-refractivity contribution in [3.05, 3.63) is 119 Å². The average molecular weight is 615 g/mol. The van der Waals surface area contributed by atoms with Gasteiger partial charge in [-0.1, -0.05) is 81.7 Å². The van der Waals surface area contributed by atoms with Gasteiger partial charge in [0.05, 0.1) is 29.0 Å². The van der Waals surface area contributed by atoms with Crippen LogP contribution in [-0.4, -0.2) is 24.2 Å². The van der Waals surface area contributed by atoms with Crippen LogP contribution < -0.4 is 29.7 Å². The fourth-order valence-corrected chi connectivity index (χ4v) is 6.03. The third kappa shape index (κ3) is 5.37. The number of anilines is 1. The van der Waals surface area contributed by atoms with Gasteiger partial charge >= 0.3 is 0 Å². The fraction of sp³-hybridized carbons (Fsp3) is 0.129. The first-order valence-electron chi connectivity index (χ1n) is 12.3. The predicted molar refractivity (Wildman–Crippen MR) is 160 cm³/mol. The minimum Gasteiger partial charge on any atom is -0.493 e. The molecule has 0 aliphatic carbocycles.